The lowest BCUT2D eigenvalue weighted by Crippen LogP contribution is -2.05. The molecule has 0 saturated heterocycles. The smallest absolute Gasteiger partial charge is 0.166 e. The van der Waals surface area contributed by atoms with Crippen molar-refractivity contribution in [3.63, 3.8) is 0 Å². The van der Waals surface area contributed by atoms with Crippen molar-refractivity contribution in [3.8, 4) is 11.4 Å². The van der Waals surface area contributed by atoms with E-state index in [1.807, 2.05) is 6.07 Å². The van der Waals surface area contributed by atoms with Crippen LogP contribution < -0.4 is 0 Å². The van der Waals surface area contributed by atoms with Crippen LogP contribution in [0.3, 0.4) is 0 Å². The molecule has 2 aromatic carbocycles. The highest BCUT2D eigenvalue weighted by molar-refractivity contribution is 6.30. The van der Waals surface area contributed by atoms with E-state index in [9.17, 15) is 13.2 Å². The summed E-state index contributed by atoms with van der Waals surface area (Å²) in [5, 5.41) is 12.4. The molecule has 0 aliphatic heterocycles. The molecule has 0 unspecified atom stereocenters. The Kier molecular flexibility index (Phi) is 4.04. The summed E-state index contributed by atoms with van der Waals surface area (Å²) in [6.07, 6.45) is -4.41. The zero-order chi connectivity index (χ0) is 16.4. The van der Waals surface area contributed by atoms with Gasteiger partial charge in [0.15, 0.2) is 0 Å². The zero-order valence-electron chi connectivity index (χ0n) is 11.6. The van der Waals surface area contributed by atoms with Crippen LogP contribution in [-0.2, 0) is 12.7 Å². The average molecular weight is 339 g/mol. The second-order valence-corrected chi connectivity index (χ2v) is 5.29. The van der Waals surface area contributed by atoms with Crippen molar-refractivity contribution in [1.82, 2.24) is 20.2 Å². The SMILES string of the molecule is FC(F)(F)c1cccc(-c2nnn(Cc3cccc(Cl)c3)n2)c1. The van der Waals surface area contributed by atoms with E-state index in [4.69, 9.17) is 11.6 Å². The van der Waals surface area contributed by atoms with Crippen molar-refractivity contribution in [2.24, 2.45) is 0 Å². The fraction of sp³-hybridized carbons (Fsp3) is 0.133. The Labute approximate surface area is 134 Å². The first-order valence-corrected chi connectivity index (χ1v) is 6.99. The number of alkyl halides is 3. The highest BCUT2D eigenvalue weighted by Crippen LogP contribution is 2.31. The standard InChI is InChI=1S/C15H10ClF3N4/c16-13-6-1-3-10(7-13)9-23-21-14(20-22-23)11-4-2-5-12(8-11)15(17,18)19/h1-8H,9H2. The predicted octanol–water partition coefficient (Wildman–Crippen LogP) is 4.06. The Morgan fingerprint density at radius 1 is 1.04 bits per heavy atom. The van der Waals surface area contributed by atoms with Crippen LogP contribution in [0.15, 0.2) is 48.5 Å². The van der Waals surface area contributed by atoms with E-state index in [1.165, 1.54) is 16.9 Å². The Bertz CT molecular complexity index is 829. The van der Waals surface area contributed by atoms with Crippen LogP contribution in [0, 0.1) is 0 Å². The molecular weight excluding hydrogens is 329 g/mol. The average Bonchev–Trinajstić information content (AvgIpc) is 2.95. The predicted molar refractivity (Wildman–Crippen MR) is 78.8 cm³/mol. The van der Waals surface area contributed by atoms with Crippen LogP contribution in [0.5, 0.6) is 0 Å². The van der Waals surface area contributed by atoms with Crippen LogP contribution in [0.1, 0.15) is 11.1 Å². The minimum absolute atomic E-state index is 0.137. The summed E-state index contributed by atoms with van der Waals surface area (Å²) < 4.78 is 38.2. The van der Waals surface area contributed by atoms with E-state index in [0.29, 0.717) is 11.6 Å². The lowest BCUT2D eigenvalue weighted by atomic mass is 10.1. The van der Waals surface area contributed by atoms with Crippen molar-refractivity contribution in [3.05, 3.63) is 64.7 Å². The van der Waals surface area contributed by atoms with Gasteiger partial charge < -0.3 is 0 Å². The topological polar surface area (TPSA) is 43.6 Å². The second kappa shape index (κ2) is 6.00. The van der Waals surface area contributed by atoms with Gasteiger partial charge in [-0.05, 0) is 35.0 Å². The molecular formula is C15H10ClF3N4. The van der Waals surface area contributed by atoms with Gasteiger partial charge in [-0.1, -0.05) is 35.9 Å². The molecule has 23 heavy (non-hydrogen) atoms. The third kappa shape index (κ3) is 3.68. The van der Waals surface area contributed by atoms with Gasteiger partial charge in [0.25, 0.3) is 0 Å². The molecule has 8 heteroatoms. The van der Waals surface area contributed by atoms with Gasteiger partial charge in [-0.15, -0.1) is 10.2 Å². The molecule has 0 bridgehead atoms. The third-order valence-electron chi connectivity index (χ3n) is 3.11. The zero-order valence-corrected chi connectivity index (χ0v) is 12.4. The minimum Gasteiger partial charge on any atom is -0.166 e. The van der Waals surface area contributed by atoms with E-state index in [2.05, 4.69) is 15.4 Å². The summed E-state index contributed by atoms with van der Waals surface area (Å²) >= 11 is 5.90. The Morgan fingerprint density at radius 3 is 2.57 bits per heavy atom. The minimum atomic E-state index is -4.41. The first-order valence-electron chi connectivity index (χ1n) is 6.62. The van der Waals surface area contributed by atoms with E-state index in [1.54, 1.807) is 18.2 Å². The van der Waals surface area contributed by atoms with Gasteiger partial charge >= 0.3 is 6.18 Å². The highest BCUT2D eigenvalue weighted by Gasteiger charge is 2.30. The highest BCUT2D eigenvalue weighted by atomic mass is 35.5. The number of hydrogen-bond acceptors (Lipinski definition) is 3. The van der Waals surface area contributed by atoms with Crippen molar-refractivity contribution >= 4 is 11.6 Å². The van der Waals surface area contributed by atoms with E-state index in [0.717, 1.165) is 17.7 Å². The maximum atomic E-state index is 12.7. The van der Waals surface area contributed by atoms with E-state index in [-0.39, 0.29) is 11.4 Å². The molecule has 0 saturated carbocycles. The van der Waals surface area contributed by atoms with Gasteiger partial charge in [0.05, 0.1) is 12.1 Å². The van der Waals surface area contributed by atoms with E-state index >= 15 is 0 Å². The molecule has 0 fully saturated rings. The Morgan fingerprint density at radius 2 is 1.83 bits per heavy atom. The van der Waals surface area contributed by atoms with Crippen LogP contribution in [0.2, 0.25) is 5.02 Å². The first-order chi connectivity index (χ1) is 10.9. The number of rotatable bonds is 3. The number of nitrogens with zero attached hydrogens (tertiary/aromatic N) is 4. The van der Waals surface area contributed by atoms with Gasteiger partial charge in [-0.2, -0.15) is 18.0 Å². The maximum Gasteiger partial charge on any atom is 0.416 e. The molecule has 0 atom stereocenters. The summed E-state index contributed by atoms with van der Waals surface area (Å²) in [6.45, 7) is 0.326. The van der Waals surface area contributed by atoms with Crippen molar-refractivity contribution in [2.45, 2.75) is 12.7 Å². The monoisotopic (exact) mass is 338 g/mol. The summed E-state index contributed by atoms with van der Waals surface area (Å²) in [4.78, 5) is 1.31. The molecule has 1 aromatic heterocycles. The molecule has 3 aromatic rings. The van der Waals surface area contributed by atoms with Gasteiger partial charge in [0, 0.05) is 10.6 Å². The molecule has 3 rings (SSSR count). The lowest BCUT2D eigenvalue weighted by molar-refractivity contribution is -0.137. The van der Waals surface area contributed by atoms with Crippen LogP contribution in [0.4, 0.5) is 13.2 Å². The first kappa shape index (κ1) is 15.5. The molecule has 0 N–H and O–H groups in total. The van der Waals surface area contributed by atoms with E-state index < -0.39 is 11.7 Å². The van der Waals surface area contributed by atoms with Crippen molar-refractivity contribution in [1.29, 1.82) is 0 Å². The number of benzene rings is 2. The number of halogens is 4. The summed E-state index contributed by atoms with van der Waals surface area (Å²) in [6, 6.07) is 12.0. The largest absolute Gasteiger partial charge is 0.416 e. The second-order valence-electron chi connectivity index (χ2n) is 4.85. The van der Waals surface area contributed by atoms with Gasteiger partial charge in [0.2, 0.25) is 5.82 Å². The van der Waals surface area contributed by atoms with Crippen LogP contribution in [-0.4, -0.2) is 20.2 Å². The lowest BCUT2D eigenvalue weighted by Gasteiger charge is -2.06. The molecule has 1 heterocycles. The summed E-state index contributed by atoms with van der Waals surface area (Å²) in [7, 11) is 0. The molecule has 0 amide bonds. The fourth-order valence-corrected chi connectivity index (χ4v) is 2.27. The van der Waals surface area contributed by atoms with Gasteiger partial charge in [-0.25, -0.2) is 0 Å². The van der Waals surface area contributed by atoms with Gasteiger partial charge in [0.1, 0.15) is 0 Å². The fourth-order valence-electron chi connectivity index (χ4n) is 2.06. The van der Waals surface area contributed by atoms with Crippen LogP contribution in [0.25, 0.3) is 11.4 Å². The third-order valence-corrected chi connectivity index (χ3v) is 3.35. The molecule has 0 spiro atoms. The molecule has 118 valence electrons. The van der Waals surface area contributed by atoms with Crippen molar-refractivity contribution in [2.75, 3.05) is 0 Å². The Hall–Kier alpha value is -2.41. The number of hydrogen-bond donors (Lipinski definition) is 0. The quantitative estimate of drug-likeness (QED) is 0.723. The van der Waals surface area contributed by atoms with Gasteiger partial charge in [-0.3, -0.25) is 0 Å². The summed E-state index contributed by atoms with van der Waals surface area (Å²) in [5.41, 5.74) is 0.379. The molecule has 4 nitrogen and oxygen atoms in total. The van der Waals surface area contributed by atoms with Crippen molar-refractivity contribution < 1.29 is 13.2 Å². The normalized spacial score (nSPS) is 11.7. The van der Waals surface area contributed by atoms with Crippen LogP contribution >= 0.6 is 11.6 Å². The summed E-state index contributed by atoms with van der Waals surface area (Å²) in [5.74, 6) is 0.137. The Balaban J connectivity index is 1.85. The number of aromatic nitrogens is 4. The number of tetrazole rings is 1. The molecule has 0 radical (unpaired) electrons. The molecule has 0 aliphatic rings. The maximum absolute atomic E-state index is 12.7. The molecule has 0 aliphatic carbocycles.